The Morgan fingerprint density at radius 2 is 1.93 bits per heavy atom. The Kier molecular flexibility index (Phi) is 5.83. The molecule has 1 aromatic rings. The third kappa shape index (κ3) is 4.06. The maximum atomic E-state index is 13.1. The smallest absolute Gasteiger partial charge is 0.263 e. The third-order valence-corrected chi connectivity index (χ3v) is 7.62. The molecule has 1 aromatic heterocycles. The van der Waals surface area contributed by atoms with Gasteiger partial charge in [0.2, 0.25) is 5.91 Å². The molecule has 148 valence electrons. The average molecular weight is 390 g/mol. The van der Waals surface area contributed by atoms with E-state index in [1.807, 2.05) is 22.4 Å². The van der Waals surface area contributed by atoms with Crippen LogP contribution >= 0.6 is 11.3 Å². The van der Waals surface area contributed by atoms with Gasteiger partial charge in [0.1, 0.15) is 0 Å². The van der Waals surface area contributed by atoms with Crippen molar-refractivity contribution < 1.29 is 9.59 Å². The van der Waals surface area contributed by atoms with Gasteiger partial charge in [-0.05, 0) is 50.2 Å². The number of thiophene rings is 1. The number of rotatable bonds is 5. The third-order valence-electron chi connectivity index (χ3n) is 6.76. The number of carbonyl (C=O) groups is 2. The van der Waals surface area contributed by atoms with Crippen LogP contribution < -0.4 is 5.32 Å². The van der Waals surface area contributed by atoms with E-state index in [0.717, 1.165) is 50.4 Å². The van der Waals surface area contributed by atoms with E-state index in [9.17, 15) is 9.59 Å². The van der Waals surface area contributed by atoms with Crippen molar-refractivity contribution in [2.45, 2.75) is 44.9 Å². The van der Waals surface area contributed by atoms with Gasteiger partial charge in [0.05, 0.1) is 10.8 Å². The van der Waals surface area contributed by atoms with E-state index in [4.69, 9.17) is 0 Å². The minimum absolute atomic E-state index is 0.0110. The standard InChI is InChI=1S/C21H31N3O2S/c25-19(22-10-13-23-11-4-5-12-23)17-15-24(20(26)18-7-6-14-27-18)16-21(17)8-2-1-3-9-21/h6-7,14,17H,1-5,8-13,15-16H2,(H,22,25)/t17-/m1/s1. The SMILES string of the molecule is O=C(NCCN1CCCC1)[C@H]1CN(C(=O)c2cccs2)CC12CCCCC2. The maximum Gasteiger partial charge on any atom is 0.263 e. The molecule has 1 atom stereocenters. The van der Waals surface area contributed by atoms with Crippen molar-refractivity contribution in [3.8, 4) is 0 Å². The fourth-order valence-electron chi connectivity index (χ4n) is 5.27. The van der Waals surface area contributed by atoms with E-state index in [-0.39, 0.29) is 23.1 Å². The summed E-state index contributed by atoms with van der Waals surface area (Å²) in [5.41, 5.74) is -0.0110. The Bertz CT molecular complexity index is 648. The normalized spacial score (nSPS) is 25.2. The minimum Gasteiger partial charge on any atom is -0.354 e. The predicted molar refractivity (Wildman–Crippen MR) is 108 cm³/mol. The van der Waals surface area contributed by atoms with E-state index in [1.165, 1.54) is 43.4 Å². The van der Waals surface area contributed by atoms with Gasteiger partial charge in [-0.25, -0.2) is 0 Å². The molecule has 3 heterocycles. The number of nitrogens with one attached hydrogen (secondary N) is 1. The van der Waals surface area contributed by atoms with Gasteiger partial charge in [-0.1, -0.05) is 25.3 Å². The second-order valence-corrected chi connectivity index (χ2v) is 9.43. The summed E-state index contributed by atoms with van der Waals surface area (Å²) in [7, 11) is 0. The molecule has 0 radical (unpaired) electrons. The highest BCUT2D eigenvalue weighted by Gasteiger charge is 2.51. The molecular weight excluding hydrogens is 358 g/mol. The van der Waals surface area contributed by atoms with Crippen molar-refractivity contribution in [3.05, 3.63) is 22.4 Å². The van der Waals surface area contributed by atoms with Crippen LogP contribution in [0.25, 0.3) is 0 Å². The van der Waals surface area contributed by atoms with Gasteiger partial charge in [0.25, 0.3) is 5.91 Å². The van der Waals surface area contributed by atoms with Crippen molar-refractivity contribution in [3.63, 3.8) is 0 Å². The number of hydrogen-bond donors (Lipinski definition) is 1. The van der Waals surface area contributed by atoms with Crippen molar-refractivity contribution in [2.24, 2.45) is 11.3 Å². The summed E-state index contributed by atoms with van der Waals surface area (Å²) in [6.07, 6.45) is 8.32. The van der Waals surface area contributed by atoms with Crippen LogP contribution in [0, 0.1) is 11.3 Å². The van der Waals surface area contributed by atoms with Gasteiger partial charge in [-0.3, -0.25) is 9.59 Å². The summed E-state index contributed by atoms with van der Waals surface area (Å²) in [6.45, 7) is 5.31. The van der Waals surface area contributed by atoms with Crippen LogP contribution in [0.4, 0.5) is 0 Å². The molecule has 1 saturated carbocycles. The molecule has 6 heteroatoms. The highest BCUT2D eigenvalue weighted by molar-refractivity contribution is 7.12. The fraction of sp³-hybridized carbons (Fsp3) is 0.714. The summed E-state index contributed by atoms with van der Waals surface area (Å²) in [5.74, 6) is 0.209. The molecule has 1 N–H and O–H groups in total. The van der Waals surface area contributed by atoms with Crippen LogP contribution in [0.3, 0.4) is 0 Å². The van der Waals surface area contributed by atoms with Crippen LogP contribution in [0.2, 0.25) is 0 Å². The lowest BCUT2D eigenvalue weighted by atomic mass is 9.67. The first-order valence-electron chi connectivity index (χ1n) is 10.5. The Balaban J connectivity index is 1.41. The topological polar surface area (TPSA) is 52.7 Å². The molecule has 4 rings (SSSR count). The van der Waals surface area contributed by atoms with E-state index in [0.29, 0.717) is 6.54 Å². The Morgan fingerprint density at radius 1 is 1.15 bits per heavy atom. The first kappa shape index (κ1) is 18.9. The zero-order valence-corrected chi connectivity index (χ0v) is 16.9. The van der Waals surface area contributed by atoms with E-state index in [1.54, 1.807) is 0 Å². The van der Waals surface area contributed by atoms with Crippen molar-refractivity contribution in [2.75, 3.05) is 39.3 Å². The van der Waals surface area contributed by atoms with Crippen LogP contribution in [0.15, 0.2) is 17.5 Å². The number of carbonyl (C=O) groups excluding carboxylic acids is 2. The Labute approximate surface area is 166 Å². The minimum atomic E-state index is -0.0553. The van der Waals surface area contributed by atoms with Crippen LogP contribution in [-0.4, -0.2) is 60.9 Å². The highest BCUT2D eigenvalue weighted by atomic mass is 32.1. The summed E-state index contributed by atoms with van der Waals surface area (Å²) < 4.78 is 0. The lowest BCUT2D eigenvalue weighted by molar-refractivity contribution is -0.128. The zero-order valence-electron chi connectivity index (χ0n) is 16.1. The molecule has 2 amide bonds. The number of amides is 2. The van der Waals surface area contributed by atoms with Gasteiger partial charge < -0.3 is 15.1 Å². The zero-order chi connectivity index (χ0) is 18.7. The number of likely N-dealkylation sites (tertiary alicyclic amines) is 2. The maximum absolute atomic E-state index is 13.1. The van der Waals surface area contributed by atoms with Gasteiger partial charge in [0.15, 0.2) is 0 Å². The molecule has 5 nitrogen and oxygen atoms in total. The van der Waals surface area contributed by atoms with Gasteiger partial charge >= 0.3 is 0 Å². The molecule has 0 aromatic carbocycles. The first-order valence-corrected chi connectivity index (χ1v) is 11.4. The van der Waals surface area contributed by atoms with Gasteiger partial charge in [-0.15, -0.1) is 11.3 Å². The lowest BCUT2D eigenvalue weighted by Gasteiger charge is -2.37. The van der Waals surface area contributed by atoms with Gasteiger partial charge in [-0.2, -0.15) is 0 Å². The molecular formula is C21H31N3O2S. The molecule has 2 aliphatic heterocycles. The van der Waals surface area contributed by atoms with Crippen LogP contribution in [0.5, 0.6) is 0 Å². The van der Waals surface area contributed by atoms with Crippen LogP contribution in [-0.2, 0) is 4.79 Å². The Morgan fingerprint density at radius 3 is 2.63 bits per heavy atom. The summed E-state index contributed by atoms with van der Waals surface area (Å²) in [4.78, 5) is 31.1. The molecule has 3 fully saturated rings. The van der Waals surface area contributed by atoms with Gasteiger partial charge in [0, 0.05) is 31.6 Å². The fourth-order valence-corrected chi connectivity index (χ4v) is 5.96. The molecule has 0 bridgehead atoms. The second kappa shape index (κ2) is 8.31. The predicted octanol–water partition coefficient (Wildman–Crippen LogP) is 2.98. The molecule has 1 spiro atoms. The average Bonchev–Trinajstić information content (AvgIpc) is 3.43. The first-order chi connectivity index (χ1) is 13.2. The highest BCUT2D eigenvalue weighted by Crippen LogP contribution is 2.48. The van der Waals surface area contributed by atoms with E-state index >= 15 is 0 Å². The summed E-state index contributed by atoms with van der Waals surface area (Å²) in [6, 6.07) is 3.82. The monoisotopic (exact) mass is 389 g/mol. The number of hydrogen-bond acceptors (Lipinski definition) is 4. The molecule has 27 heavy (non-hydrogen) atoms. The van der Waals surface area contributed by atoms with E-state index < -0.39 is 0 Å². The summed E-state index contributed by atoms with van der Waals surface area (Å²) >= 11 is 1.49. The lowest BCUT2D eigenvalue weighted by Crippen LogP contribution is -2.44. The van der Waals surface area contributed by atoms with Crippen LogP contribution in [0.1, 0.15) is 54.6 Å². The van der Waals surface area contributed by atoms with Crippen molar-refractivity contribution in [1.82, 2.24) is 15.1 Å². The molecule has 2 saturated heterocycles. The largest absolute Gasteiger partial charge is 0.354 e. The summed E-state index contributed by atoms with van der Waals surface area (Å²) in [5, 5.41) is 5.15. The van der Waals surface area contributed by atoms with E-state index in [2.05, 4.69) is 10.2 Å². The Hall–Kier alpha value is -1.40. The number of nitrogens with zero attached hydrogens (tertiary/aromatic N) is 2. The van der Waals surface area contributed by atoms with Crippen molar-refractivity contribution in [1.29, 1.82) is 0 Å². The molecule has 0 unspecified atom stereocenters. The quantitative estimate of drug-likeness (QED) is 0.842. The molecule has 3 aliphatic rings. The second-order valence-electron chi connectivity index (χ2n) is 8.48. The van der Waals surface area contributed by atoms with Crippen molar-refractivity contribution >= 4 is 23.2 Å². The molecule has 1 aliphatic carbocycles.